The van der Waals surface area contributed by atoms with E-state index in [4.69, 9.17) is 9.47 Å². The Morgan fingerprint density at radius 1 is 1.21 bits per heavy atom. The summed E-state index contributed by atoms with van der Waals surface area (Å²) >= 11 is 0. The van der Waals surface area contributed by atoms with E-state index in [9.17, 15) is 20.5 Å². The summed E-state index contributed by atoms with van der Waals surface area (Å²) in [7, 11) is 2.81. The number of allylic oxidation sites excluding steroid dienone is 1. The van der Waals surface area contributed by atoms with Crippen molar-refractivity contribution in [3.63, 3.8) is 0 Å². The number of hydrogen-bond acceptors (Lipinski definition) is 6. The number of methoxy groups -OCH3 is 2. The summed E-state index contributed by atoms with van der Waals surface area (Å²) < 4.78 is 10.1. The van der Waals surface area contributed by atoms with Crippen LogP contribution in [0.4, 0.5) is 5.69 Å². The lowest BCUT2D eigenvalue weighted by molar-refractivity contribution is -0.384. The van der Waals surface area contributed by atoms with Crippen LogP contribution in [0.2, 0.25) is 0 Å². The van der Waals surface area contributed by atoms with Gasteiger partial charge in [0.05, 0.1) is 30.8 Å². The fourth-order valence-electron chi connectivity index (χ4n) is 2.11. The number of non-ortho nitro benzene ring substituents is 1. The SMILES string of the molecule is COc1cc(C=C(C#N)c2ccc([N+](=O)[O-])cc2)cc(OC)c1O. The van der Waals surface area contributed by atoms with Gasteiger partial charge >= 0.3 is 0 Å². The molecule has 0 saturated carbocycles. The number of ether oxygens (including phenoxy) is 2. The summed E-state index contributed by atoms with van der Waals surface area (Å²) in [6, 6.07) is 10.8. The highest BCUT2D eigenvalue weighted by Crippen LogP contribution is 2.38. The summed E-state index contributed by atoms with van der Waals surface area (Å²) in [4.78, 5) is 10.2. The van der Waals surface area contributed by atoms with Crippen molar-refractivity contribution in [2.75, 3.05) is 14.2 Å². The highest BCUT2D eigenvalue weighted by molar-refractivity contribution is 5.90. The van der Waals surface area contributed by atoms with Crippen molar-refractivity contribution < 1.29 is 19.5 Å². The Bertz CT molecular complexity index is 810. The molecule has 0 aliphatic heterocycles. The number of nitriles is 1. The lowest BCUT2D eigenvalue weighted by atomic mass is 10.0. The maximum atomic E-state index is 10.7. The zero-order valence-corrected chi connectivity index (χ0v) is 13.0. The van der Waals surface area contributed by atoms with Crippen molar-refractivity contribution >= 4 is 17.3 Å². The van der Waals surface area contributed by atoms with E-state index in [2.05, 4.69) is 6.07 Å². The second kappa shape index (κ2) is 7.15. The molecule has 0 aromatic heterocycles. The number of nitro groups is 1. The van der Waals surface area contributed by atoms with Crippen LogP contribution in [0.5, 0.6) is 17.2 Å². The van der Waals surface area contributed by atoms with Gasteiger partial charge < -0.3 is 14.6 Å². The number of rotatable bonds is 5. The van der Waals surface area contributed by atoms with Gasteiger partial charge in [0.1, 0.15) is 0 Å². The predicted molar refractivity (Wildman–Crippen MR) is 87.8 cm³/mol. The minimum absolute atomic E-state index is 0.0518. The Morgan fingerprint density at radius 3 is 2.17 bits per heavy atom. The van der Waals surface area contributed by atoms with E-state index >= 15 is 0 Å². The van der Waals surface area contributed by atoms with Crippen molar-refractivity contribution in [1.29, 1.82) is 5.26 Å². The minimum atomic E-state index is -0.505. The average molecular weight is 326 g/mol. The number of aromatic hydroxyl groups is 1. The molecule has 0 unspecified atom stereocenters. The summed E-state index contributed by atoms with van der Waals surface area (Å²) in [5.74, 6) is 0.286. The lowest BCUT2D eigenvalue weighted by Gasteiger charge is -2.10. The Labute approximate surface area is 138 Å². The smallest absolute Gasteiger partial charge is 0.269 e. The minimum Gasteiger partial charge on any atom is -0.502 e. The highest BCUT2D eigenvalue weighted by Gasteiger charge is 2.12. The summed E-state index contributed by atoms with van der Waals surface area (Å²) in [6.45, 7) is 0. The third-order valence-corrected chi connectivity index (χ3v) is 3.32. The number of phenols is 1. The van der Waals surface area contributed by atoms with Crippen LogP contribution in [0, 0.1) is 21.4 Å². The average Bonchev–Trinajstić information content (AvgIpc) is 2.60. The van der Waals surface area contributed by atoms with E-state index < -0.39 is 4.92 Å². The van der Waals surface area contributed by atoms with Crippen LogP contribution in [0.25, 0.3) is 11.6 Å². The number of hydrogen-bond donors (Lipinski definition) is 1. The van der Waals surface area contributed by atoms with Gasteiger partial charge in [0.25, 0.3) is 5.69 Å². The fraction of sp³-hybridized carbons (Fsp3) is 0.118. The molecule has 2 aromatic rings. The van der Waals surface area contributed by atoms with Crippen LogP contribution in [-0.2, 0) is 0 Å². The third-order valence-electron chi connectivity index (χ3n) is 3.32. The lowest BCUT2D eigenvalue weighted by Crippen LogP contribution is -1.91. The van der Waals surface area contributed by atoms with Crippen LogP contribution in [0.15, 0.2) is 36.4 Å². The molecule has 0 spiro atoms. The molecule has 122 valence electrons. The van der Waals surface area contributed by atoms with Crippen LogP contribution in [0.1, 0.15) is 11.1 Å². The molecule has 0 aliphatic carbocycles. The molecule has 0 atom stereocenters. The first-order valence-electron chi connectivity index (χ1n) is 6.81. The zero-order chi connectivity index (χ0) is 17.7. The van der Waals surface area contributed by atoms with Gasteiger partial charge in [-0.3, -0.25) is 10.1 Å². The quantitative estimate of drug-likeness (QED) is 0.391. The number of benzene rings is 2. The number of nitrogens with zero attached hydrogens (tertiary/aromatic N) is 2. The molecule has 0 heterocycles. The zero-order valence-electron chi connectivity index (χ0n) is 13.0. The molecule has 0 amide bonds. The molecule has 0 saturated heterocycles. The van der Waals surface area contributed by atoms with Gasteiger partial charge in [-0.1, -0.05) is 0 Å². The van der Waals surface area contributed by atoms with Gasteiger partial charge in [0.2, 0.25) is 5.75 Å². The van der Waals surface area contributed by atoms with E-state index in [0.717, 1.165) is 0 Å². The molecule has 0 aliphatic rings. The Kier molecular flexibility index (Phi) is 5.02. The van der Waals surface area contributed by atoms with Crippen molar-refractivity contribution in [3.8, 4) is 23.3 Å². The van der Waals surface area contributed by atoms with Crippen molar-refractivity contribution in [3.05, 3.63) is 57.6 Å². The Balaban J connectivity index is 2.47. The van der Waals surface area contributed by atoms with E-state index in [1.54, 1.807) is 18.2 Å². The molecule has 0 bridgehead atoms. The van der Waals surface area contributed by atoms with Gasteiger partial charge in [0, 0.05) is 12.1 Å². The van der Waals surface area contributed by atoms with Crippen molar-refractivity contribution in [2.24, 2.45) is 0 Å². The molecule has 2 rings (SSSR count). The van der Waals surface area contributed by atoms with Crippen LogP contribution in [0.3, 0.4) is 0 Å². The second-order valence-electron chi connectivity index (χ2n) is 4.75. The normalized spacial score (nSPS) is 10.8. The molecule has 7 heteroatoms. The van der Waals surface area contributed by atoms with E-state index in [1.807, 2.05) is 0 Å². The molecule has 1 N–H and O–H groups in total. The van der Waals surface area contributed by atoms with E-state index in [1.165, 1.54) is 38.5 Å². The Hall–Kier alpha value is -3.53. The predicted octanol–water partition coefficient (Wildman–Crippen LogP) is 3.38. The molecule has 7 nitrogen and oxygen atoms in total. The third kappa shape index (κ3) is 3.44. The maximum Gasteiger partial charge on any atom is 0.269 e. The van der Waals surface area contributed by atoms with Gasteiger partial charge in [-0.2, -0.15) is 5.26 Å². The van der Waals surface area contributed by atoms with Gasteiger partial charge in [-0.15, -0.1) is 0 Å². The molecule has 0 radical (unpaired) electrons. The molecular formula is C17H14N2O5. The largest absolute Gasteiger partial charge is 0.502 e. The van der Waals surface area contributed by atoms with Crippen molar-refractivity contribution in [2.45, 2.75) is 0 Å². The summed E-state index contributed by atoms with van der Waals surface area (Å²) in [6.07, 6.45) is 1.58. The first-order chi connectivity index (χ1) is 11.5. The first kappa shape index (κ1) is 16.8. The fourth-order valence-corrected chi connectivity index (χ4v) is 2.11. The van der Waals surface area contributed by atoms with E-state index in [-0.39, 0.29) is 22.9 Å². The molecule has 0 fully saturated rings. The topological polar surface area (TPSA) is 106 Å². The standard InChI is InChI=1S/C17H14N2O5/c1-23-15-8-11(9-16(24-2)17(15)20)7-13(10-18)12-3-5-14(6-4-12)19(21)22/h3-9,20H,1-2H3. The van der Waals surface area contributed by atoms with Crippen LogP contribution >= 0.6 is 0 Å². The van der Waals surface area contributed by atoms with Crippen LogP contribution < -0.4 is 9.47 Å². The second-order valence-corrected chi connectivity index (χ2v) is 4.75. The van der Waals surface area contributed by atoms with Crippen molar-refractivity contribution in [1.82, 2.24) is 0 Å². The molecule has 2 aromatic carbocycles. The number of nitro benzene ring substituents is 1. The van der Waals surface area contributed by atoms with Crippen LogP contribution in [-0.4, -0.2) is 24.2 Å². The molecule has 24 heavy (non-hydrogen) atoms. The monoisotopic (exact) mass is 326 g/mol. The van der Waals surface area contributed by atoms with Gasteiger partial charge in [-0.05, 0) is 41.5 Å². The Morgan fingerprint density at radius 2 is 1.75 bits per heavy atom. The van der Waals surface area contributed by atoms with Gasteiger partial charge in [0.15, 0.2) is 11.5 Å². The highest BCUT2D eigenvalue weighted by atomic mass is 16.6. The van der Waals surface area contributed by atoms with Gasteiger partial charge in [-0.25, -0.2) is 0 Å². The van der Waals surface area contributed by atoms with E-state index in [0.29, 0.717) is 16.7 Å². The first-order valence-corrected chi connectivity index (χ1v) is 6.81. The number of phenolic OH excluding ortho intramolecular Hbond substituents is 1. The summed E-state index contributed by atoms with van der Waals surface area (Å²) in [5, 5.41) is 30.0. The summed E-state index contributed by atoms with van der Waals surface area (Å²) in [5.41, 5.74) is 1.37. The molecular weight excluding hydrogens is 312 g/mol. The maximum absolute atomic E-state index is 10.7.